The Hall–Kier alpha value is -2.46. The van der Waals surface area contributed by atoms with Crippen LogP contribution in [0, 0.1) is 11.3 Å². The standard InChI is InChI=1S/C16H10Cl2N2O4/c17-9-2-1-3-10(18)13(9)12-8(5-19)16(20)24-14-11(22)4-7(6-21)23-15(12)14/h1-4,12,21H,6,20H2/t12-/m0/s1. The third kappa shape index (κ3) is 2.53. The first-order valence-electron chi connectivity index (χ1n) is 6.77. The van der Waals surface area contributed by atoms with Crippen LogP contribution < -0.4 is 15.9 Å². The number of aliphatic hydroxyl groups excluding tert-OH is 1. The topological polar surface area (TPSA) is 109 Å². The SMILES string of the molecule is N#CC1=C(N)Oc2c(oc(CO)cc2=O)[C@@H]1c1c(Cl)cccc1Cl. The van der Waals surface area contributed by atoms with E-state index in [1.165, 1.54) is 0 Å². The van der Waals surface area contributed by atoms with Gasteiger partial charge < -0.3 is 20.0 Å². The van der Waals surface area contributed by atoms with Crippen LogP contribution in [0.25, 0.3) is 0 Å². The van der Waals surface area contributed by atoms with Gasteiger partial charge in [-0.15, -0.1) is 0 Å². The molecule has 1 atom stereocenters. The molecule has 0 bridgehead atoms. The zero-order chi connectivity index (χ0) is 17.4. The highest BCUT2D eigenvalue weighted by atomic mass is 35.5. The van der Waals surface area contributed by atoms with Crippen molar-refractivity contribution < 1.29 is 14.3 Å². The quantitative estimate of drug-likeness (QED) is 0.847. The Labute approximate surface area is 146 Å². The molecule has 1 aliphatic heterocycles. The minimum Gasteiger partial charge on any atom is -0.458 e. The number of nitrogens with zero attached hydrogens (tertiary/aromatic N) is 1. The van der Waals surface area contributed by atoms with Crippen molar-refractivity contribution in [2.24, 2.45) is 5.73 Å². The van der Waals surface area contributed by atoms with E-state index < -0.39 is 18.0 Å². The van der Waals surface area contributed by atoms with Crippen molar-refractivity contribution in [2.75, 3.05) is 0 Å². The van der Waals surface area contributed by atoms with E-state index in [0.29, 0.717) is 5.56 Å². The van der Waals surface area contributed by atoms with Gasteiger partial charge in [0, 0.05) is 21.7 Å². The molecule has 8 heteroatoms. The lowest BCUT2D eigenvalue weighted by Crippen LogP contribution is -2.25. The first-order valence-corrected chi connectivity index (χ1v) is 7.52. The van der Waals surface area contributed by atoms with E-state index in [2.05, 4.69) is 0 Å². The number of allylic oxidation sites excluding steroid dienone is 1. The van der Waals surface area contributed by atoms with E-state index in [1.54, 1.807) is 18.2 Å². The minimum atomic E-state index is -0.917. The van der Waals surface area contributed by atoms with Crippen molar-refractivity contribution >= 4 is 23.2 Å². The molecular weight excluding hydrogens is 355 g/mol. The van der Waals surface area contributed by atoms with E-state index >= 15 is 0 Å². The second-order valence-corrected chi connectivity index (χ2v) is 5.80. The number of ether oxygens (including phenoxy) is 1. The Balaban J connectivity index is 2.38. The summed E-state index contributed by atoms with van der Waals surface area (Å²) in [4.78, 5) is 12.2. The van der Waals surface area contributed by atoms with Gasteiger partial charge in [0.05, 0.1) is 5.92 Å². The second kappa shape index (κ2) is 6.21. The predicted octanol–water partition coefficient (Wildman–Crippen LogP) is 2.66. The van der Waals surface area contributed by atoms with Crippen LogP contribution >= 0.6 is 23.2 Å². The van der Waals surface area contributed by atoms with Crippen molar-refractivity contribution in [1.82, 2.24) is 0 Å². The van der Waals surface area contributed by atoms with Gasteiger partial charge in [0.2, 0.25) is 17.1 Å². The number of hydrogen-bond donors (Lipinski definition) is 2. The minimum absolute atomic E-state index is 0.00994. The monoisotopic (exact) mass is 364 g/mol. The number of nitrogens with two attached hydrogens (primary N) is 1. The summed E-state index contributed by atoms with van der Waals surface area (Å²) >= 11 is 12.5. The maximum Gasteiger partial charge on any atom is 0.228 e. The van der Waals surface area contributed by atoms with Crippen molar-refractivity contribution in [3.8, 4) is 11.8 Å². The molecule has 24 heavy (non-hydrogen) atoms. The molecule has 0 saturated heterocycles. The molecule has 0 aliphatic carbocycles. The number of rotatable bonds is 2. The summed E-state index contributed by atoms with van der Waals surface area (Å²) in [7, 11) is 0. The van der Waals surface area contributed by atoms with Crippen LogP contribution in [-0.2, 0) is 6.61 Å². The molecule has 0 spiro atoms. The summed E-state index contributed by atoms with van der Waals surface area (Å²) in [6, 6.07) is 7.87. The molecule has 3 N–H and O–H groups in total. The van der Waals surface area contributed by atoms with Gasteiger partial charge in [0.25, 0.3) is 0 Å². The molecule has 3 rings (SSSR count). The number of fused-ring (bicyclic) bond motifs is 1. The third-order valence-corrected chi connectivity index (χ3v) is 4.23. The summed E-state index contributed by atoms with van der Waals surface area (Å²) in [5, 5.41) is 19.3. The molecule has 122 valence electrons. The summed E-state index contributed by atoms with van der Waals surface area (Å²) in [6.45, 7) is -0.493. The first-order chi connectivity index (χ1) is 11.5. The van der Waals surface area contributed by atoms with Crippen molar-refractivity contribution in [3.05, 3.63) is 73.1 Å². The molecule has 2 aromatic rings. The third-order valence-electron chi connectivity index (χ3n) is 3.57. The van der Waals surface area contributed by atoms with Gasteiger partial charge in [0.1, 0.15) is 24.0 Å². The maximum atomic E-state index is 12.2. The van der Waals surface area contributed by atoms with Gasteiger partial charge in [-0.1, -0.05) is 29.3 Å². The van der Waals surface area contributed by atoms with Crippen molar-refractivity contribution in [1.29, 1.82) is 5.26 Å². The Morgan fingerprint density at radius 2 is 2.00 bits per heavy atom. The van der Waals surface area contributed by atoms with Crippen LogP contribution in [0.4, 0.5) is 0 Å². The Morgan fingerprint density at radius 1 is 1.33 bits per heavy atom. The van der Waals surface area contributed by atoms with Crippen LogP contribution in [0.15, 0.2) is 44.9 Å². The van der Waals surface area contributed by atoms with E-state index in [1.807, 2.05) is 6.07 Å². The number of benzene rings is 1. The fourth-order valence-corrected chi connectivity index (χ4v) is 3.15. The molecular formula is C16H10Cl2N2O4. The Morgan fingerprint density at radius 3 is 2.58 bits per heavy atom. The average Bonchev–Trinajstić information content (AvgIpc) is 2.55. The van der Waals surface area contributed by atoms with Gasteiger partial charge >= 0.3 is 0 Å². The number of halogens is 2. The molecule has 1 aromatic heterocycles. The van der Waals surface area contributed by atoms with Gasteiger partial charge in [-0.05, 0) is 12.1 Å². The molecule has 2 heterocycles. The van der Waals surface area contributed by atoms with Crippen LogP contribution in [-0.4, -0.2) is 5.11 Å². The van der Waals surface area contributed by atoms with E-state index in [-0.39, 0.29) is 38.8 Å². The molecule has 0 radical (unpaired) electrons. The molecule has 0 amide bonds. The number of nitriles is 1. The van der Waals surface area contributed by atoms with E-state index in [4.69, 9.17) is 38.1 Å². The lowest BCUT2D eigenvalue weighted by atomic mass is 9.87. The van der Waals surface area contributed by atoms with E-state index in [9.17, 15) is 15.2 Å². The molecule has 1 aromatic carbocycles. The Kier molecular flexibility index (Phi) is 4.24. The molecule has 0 saturated carbocycles. The molecule has 6 nitrogen and oxygen atoms in total. The smallest absolute Gasteiger partial charge is 0.228 e. The molecule has 1 aliphatic rings. The lowest BCUT2D eigenvalue weighted by molar-refractivity contribution is 0.231. The van der Waals surface area contributed by atoms with Gasteiger partial charge in [-0.3, -0.25) is 4.79 Å². The fraction of sp³-hybridized carbons (Fsp3) is 0.125. The van der Waals surface area contributed by atoms with Crippen molar-refractivity contribution in [2.45, 2.75) is 12.5 Å². The van der Waals surface area contributed by atoms with Gasteiger partial charge in [-0.25, -0.2) is 0 Å². The highest BCUT2D eigenvalue weighted by Gasteiger charge is 2.37. The molecule has 0 fully saturated rings. The summed E-state index contributed by atoms with van der Waals surface area (Å²) in [6.07, 6.45) is 0. The van der Waals surface area contributed by atoms with Gasteiger partial charge in [0.15, 0.2) is 5.76 Å². The zero-order valence-corrected chi connectivity index (χ0v) is 13.6. The number of hydrogen-bond acceptors (Lipinski definition) is 6. The first kappa shape index (κ1) is 16.4. The normalized spacial score (nSPS) is 16.3. The number of aliphatic hydroxyl groups is 1. The summed E-state index contributed by atoms with van der Waals surface area (Å²) < 4.78 is 10.8. The highest BCUT2D eigenvalue weighted by Crippen LogP contribution is 2.45. The van der Waals surface area contributed by atoms with Crippen LogP contribution in [0.5, 0.6) is 5.75 Å². The average molecular weight is 365 g/mol. The second-order valence-electron chi connectivity index (χ2n) is 4.99. The predicted molar refractivity (Wildman–Crippen MR) is 86.7 cm³/mol. The fourth-order valence-electron chi connectivity index (χ4n) is 2.54. The Bertz CT molecular complexity index is 939. The van der Waals surface area contributed by atoms with Crippen molar-refractivity contribution in [3.63, 3.8) is 0 Å². The van der Waals surface area contributed by atoms with E-state index in [0.717, 1.165) is 6.07 Å². The van der Waals surface area contributed by atoms with Crippen LogP contribution in [0.1, 0.15) is 23.0 Å². The molecule has 0 unspecified atom stereocenters. The van der Waals surface area contributed by atoms with Gasteiger partial charge in [-0.2, -0.15) is 5.26 Å². The largest absolute Gasteiger partial charge is 0.458 e. The highest BCUT2D eigenvalue weighted by molar-refractivity contribution is 6.36. The lowest BCUT2D eigenvalue weighted by Gasteiger charge is -2.25. The maximum absolute atomic E-state index is 12.2. The van der Waals surface area contributed by atoms with Crippen LogP contribution in [0.2, 0.25) is 10.0 Å². The summed E-state index contributed by atoms with van der Waals surface area (Å²) in [5.41, 5.74) is 5.63. The zero-order valence-electron chi connectivity index (χ0n) is 12.0. The summed E-state index contributed by atoms with van der Waals surface area (Å²) in [5.74, 6) is -1.26. The van der Waals surface area contributed by atoms with Crippen LogP contribution in [0.3, 0.4) is 0 Å².